The van der Waals surface area contributed by atoms with Crippen molar-refractivity contribution >= 4 is 17.1 Å². The number of methoxy groups -OCH3 is 1. The minimum atomic E-state index is -0.341. The van der Waals surface area contributed by atoms with Gasteiger partial charge in [-0.2, -0.15) is 0 Å². The largest absolute Gasteiger partial charge is 0.508 e. The van der Waals surface area contributed by atoms with Crippen LogP contribution in [0.4, 0.5) is 0 Å². The van der Waals surface area contributed by atoms with Crippen molar-refractivity contribution in [2.45, 2.75) is 0 Å². The fraction of sp³-hybridized carbons (Fsp3) is 0.118. The second-order valence-electron chi connectivity index (χ2n) is 4.71. The third-order valence-electron chi connectivity index (χ3n) is 3.45. The highest BCUT2D eigenvalue weighted by Crippen LogP contribution is 2.33. The van der Waals surface area contributed by atoms with Gasteiger partial charge in [0.1, 0.15) is 18.1 Å². The maximum atomic E-state index is 12.0. The number of carbonyl (C=O) groups is 1. The first-order valence-electron chi connectivity index (χ1n) is 6.53. The van der Waals surface area contributed by atoms with Crippen LogP contribution in [0.2, 0.25) is 0 Å². The Kier molecular flexibility index (Phi) is 3.36. The molecular formula is C17H14O4. The lowest BCUT2D eigenvalue weighted by Gasteiger charge is -2.06. The number of phenols is 1. The summed E-state index contributed by atoms with van der Waals surface area (Å²) in [6, 6.07) is 14.0. The highest BCUT2D eigenvalue weighted by Gasteiger charge is 2.27. The van der Waals surface area contributed by atoms with E-state index < -0.39 is 0 Å². The van der Waals surface area contributed by atoms with Gasteiger partial charge in [-0.15, -0.1) is 0 Å². The molecule has 3 rings (SSSR count). The molecular weight excluding hydrogens is 268 g/mol. The van der Waals surface area contributed by atoms with Crippen LogP contribution in [0.1, 0.15) is 11.1 Å². The van der Waals surface area contributed by atoms with Crippen LogP contribution in [0, 0.1) is 0 Å². The molecule has 1 N–H and O–H groups in total. The number of ether oxygens (including phenoxy) is 2. The molecule has 1 aliphatic heterocycles. The second kappa shape index (κ2) is 5.32. The highest BCUT2D eigenvalue weighted by molar-refractivity contribution is 6.27. The van der Waals surface area contributed by atoms with Gasteiger partial charge in [-0.25, -0.2) is 4.79 Å². The Bertz CT molecular complexity index is 697. The van der Waals surface area contributed by atoms with Crippen molar-refractivity contribution in [3.05, 3.63) is 59.7 Å². The molecule has 2 aromatic rings. The van der Waals surface area contributed by atoms with Gasteiger partial charge in [0.2, 0.25) is 0 Å². The molecule has 0 bridgehead atoms. The van der Waals surface area contributed by atoms with Crippen LogP contribution >= 0.6 is 0 Å². The SMILES string of the molecule is COc1ccc(C2=C(c3ccc(O)cc3)C(=O)OC2)cc1. The number of hydrogen-bond donors (Lipinski definition) is 1. The minimum Gasteiger partial charge on any atom is -0.508 e. The summed E-state index contributed by atoms with van der Waals surface area (Å²) in [5.74, 6) is 0.582. The predicted molar refractivity (Wildman–Crippen MR) is 78.9 cm³/mol. The van der Waals surface area contributed by atoms with E-state index in [1.165, 1.54) is 0 Å². The average molecular weight is 282 g/mol. The lowest BCUT2D eigenvalue weighted by molar-refractivity contribution is -0.133. The molecule has 0 saturated carbocycles. The summed E-state index contributed by atoms with van der Waals surface area (Å²) in [7, 11) is 1.61. The van der Waals surface area contributed by atoms with Crippen LogP contribution < -0.4 is 4.74 Å². The van der Waals surface area contributed by atoms with Crippen molar-refractivity contribution in [3.63, 3.8) is 0 Å². The summed E-state index contributed by atoms with van der Waals surface area (Å²) in [4.78, 5) is 12.0. The molecule has 0 spiro atoms. The van der Waals surface area contributed by atoms with Crippen molar-refractivity contribution in [3.8, 4) is 11.5 Å². The fourth-order valence-electron chi connectivity index (χ4n) is 2.35. The van der Waals surface area contributed by atoms with Gasteiger partial charge in [-0.05, 0) is 35.4 Å². The summed E-state index contributed by atoms with van der Waals surface area (Å²) < 4.78 is 10.3. The third-order valence-corrected chi connectivity index (χ3v) is 3.45. The van der Waals surface area contributed by atoms with Crippen molar-refractivity contribution in [1.29, 1.82) is 0 Å². The molecule has 1 heterocycles. The Balaban J connectivity index is 2.07. The maximum absolute atomic E-state index is 12.0. The summed E-state index contributed by atoms with van der Waals surface area (Å²) in [6.45, 7) is 0.251. The molecule has 21 heavy (non-hydrogen) atoms. The Hall–Kier alpha value is -2.75. The monoisotopic (exact) mass is 282 g/mol. The Morgan fingerprint density at radius 3 is 2.24 bits per heavy atom. The number of cyclic esters (lactones) is 1. The normalized spacial score (nSPS) is 14.2. The van der Waals surface area contributed by atoms with Gasteiger partial charge in [-0.1, -0.05) is 24.3 Å². The van der Waals surface area contributed by atoms with Crippen molar-refractivity contribution in [2.24, 2.45) is 0 Å². The van der Waals surface area contributed by atoms with E-state index in [4.69, 9.17) is 9.47 Å². The lowest BCUT2D eigenvalue weighted by atomic mass is 9.96. The zero-order valence-electron chi connectivity index (χ0n) is 11.5. The van der Waals surface area contributed by atoms with E-state index in [0.717, 1.165) is 22.4 Å². The van der Waals surface area contributed by atoms with Crippen LogP contribution in [-0.2, 0) is 9.53 Å². The summed E-state index contributed by atoms with van der Waals surface area (Å²) in [5, 5.41) is 9.36. The smallest absolute Gasteiger partial charge is 0.339 e. The summed E-state index contributed by atoms with van der Waals surface area (Å²) in [5.41, 5.74) is 3.04. The molecule has 0 amide bonds. The van der Waals surface area contributed by atoms with E-state index in [0.29, 0.717) is 5.57 Å². The fourth-order valence-corrected chi connectivity index (χ4v) is 2.35. The van der Waals surface area contributed by atoms with Gasteiger partial charge >= 0.3 is 5.97 Å². The van der Waals surface area contributed by atoms with Crippen molar-refractivity contribution in [1.82, 2.24) is 0 Å². The average Bonchev–Trinajstić information content (AvgIpc) is 2.90. The van der Waals surface area contributed by atoms with Crippen LogP contribution in [0.5, 0.6) is 11.5 Å². The number of aromatic hydroxyl groups is 1. The standard InChI is InChI=1S/C17H14O4/c1-20-14-8-4-11(5-9-14)15-10-21-17(19)16(15)12-2-6-13(18)7-3-12/h2-9,18H,10H2,1H3. The topological polar surface area (TPSA) is 55.8 Å². The molecule has 0 aromatic heterocycles. The maximum Gasteiger partial charge on any atom is 0.339 e. The zero-order chi connectivity index (χ0) is 14.8. The first kappa shape index (κ1) is 13.2. The first-order valence-corrected chi connectivity index (χ1v) is 6.53. The summed E-state index contributed by atoms with van der Waals surface area (Å²) in [6.07, 6.45) is 0. The molecule has 0 atom stereocenters. The quantitative estimate of drug-likeness (QED) is 0.879. The van der Waals surface area contributed by atoms with E-state index in [9.17, 15) is 9.90 Å². The molecule has 1 aliphatic rings. The van der Waals surface area contributed by atoms with E-state index >= 15 is 0 Å². The number of hydrogen-bond acceptors (Lipinski definition) is 4. The number of esters is 1. The van der Waals surface area contributed by atoms with Crippen molar-refractivity contribution in [2.75, 3.05) is 13.7 Å². The molecule has 4 nitrogen and oxygen atoms in total. The molecule has 0 unspecified atom stereocenters. The molecule has 2 aromatic carbocycles. The highest BCUT2D eigenvalue weighted by atomic mass is 16.5. The number of phenolic OH excluding ortho intramolecular Hbond substituents is 1. The Morgan fingerprint density at radius 1 is 1.00 bits per heavy atom. The second-order valence-corrected chi connectivity index (χ2v) is 4.71. The molecule has 0 aliphatic carbocycles. The molecule has 4 heteroatoms. The first-order chi connectivity index (χ1) is 10.2. The Labute approximate surface area is 122 Å². The van der Waals surface area contributed by atoms with Gasteiger partial charge in [0.25, 0.3) is 0 Å². The van der Waals surface area contributed by atoms with Gasteiger partial charge in [0, 0.05) is 5.57 Å². The summed E-state index contributed by atoms with van der Waals surface area (Å²) >= 11 is 0. The molecule has 0 saturated heterocycles. The molecule has 106 valence electrons. The van der Waals surface area contributed by atoms with E-state index in [2.05, 4.69) is 0 Å². The van der Waals surface area contributed by atoms with Crippen LogP contribution in [0.3, 0.4) is 0 Å². The number of benzene rings is 2. The molecule has 0 fully saturated rings. The van der Waals surface area contributed by atoms with Crippen LogP contribution in [0.15, 0.2) is 48.5 Å². The third kappa shape index (κ3) is 2.48. The van der Waals surface area contributed by atoms with Gasteiger partial charge in [0.15, 0.2) is 0 Å². The number of carbonyl (C=O) groups excluding carboxylic acids is 1. The number of rotatable bonds is 3. The predicted octanol–water partition coefficient (Wildman–Crippen LogP) is 2.87. The molecule has 0 radical (unpaired) electrons. The van der Waals surface area contributed by atoms with E-state index in [1.54, 1.807) is 31.4 Å². The van der Waals surface area contributed by atoms with Gasteiger partial charge in [0.05, 0.1) is 12.7 Å². The lowest BCUT2D eigenvalue weighted by Crippen LogP contribution is -1.98. The van der Waals surface area contributed by atoms with Gasteiger partial charge < -0.3 is 14.6 Å². The minimum absolute atomic E-state index is 0.164. The van der Waals surface area contributed by atoms with Gasteiger partial charge in [-0.3, -0.25) is 0 Å². The Morgan fingerprint density at radius 2 is 1.62 bits per heavy atom. The van der Waals surface area contributed by atoms with Crippen LogP contribution in [0.25, 0.3) is 11.1 Å². The van der Waals surface area contributed by atoms with E-state index in [1.807, 2.05) is 24.3 Å². The van der Waals surface area contributed by atoms with Crippen molar-refractivity contribution < 1.29 is 19.4 Å². The van der Waals surface area contributed by atoms with Crippen LogP contribution in [-0.4, -0.2) is 24.8 Å². The zero-order valence-corrected chi connectivity index (χ0v) is 11.5. The van der Waals surface area contributed by atoms with E-state index in [-0.39, 0.29) is 18.3 Å².